The van der Waals surface area contributed by atoms with E-state index in [0.29, 0.717) is 19.3 Å². The van der Waals surface area contributed by atoms with Crippen LogP contribution in [0.15, 0.2) is 85.1 Å². The molecular formula is C67H116O6. The highest BCUT2D eigenvalue weighted by atomic mass is 16.6. The van der Waals surface area contributed by atoms with Crippen molar-refractivity contribution < 1.29 is 28.6 Å². The molecule has 0 rings (SSSR count). The molecule has 0 fully saturated rings. The van der Waals surface area contributed by atoms with Crippen LogP contribution >= 0.6 is 0 Å². The molecule has 0 saturated carbocycles. The lowest BCUT2D eigenvalue weighted by atomic mass is 10.0. The maximum atomic E-state index is 12.9. The Labute approximate surface area is 452 Å². The molecule has 0 bridgehead atoms. The van der Waals surface area contributed by atoms with Gasteiger partial charge in [-0.05, 0) is 96.3 Å². The van der Waals surface area contributed by atoms with E-state index in [4.69, 9.17) is 14.2 Å². The maximum Gasteiger partial charge on any atom is 0.306 e. The lowest BCUT2D eigenvalue weighted by Gasteiger charge is -2.18. The number of hydrogen-bond donors (Lipinski definition) is 0. The molecule has 0 aliphatic rings. The second-order valence-corrected chi connectivity index (χ2v) is 20.6. The quantitative estimate of drug-likeness (QED) is 0.0261. The molecule has 0 aromatic carbocycles. The summed E-state index contributed by atoms with van der Waals surface area (Å²) in [6.45, 7) is 6.57. The van der Waals surface area contributed by atoms with Gasteiger partial charge in [-0.1, -0.05) is 273 Å². The zero-order chi connectivity index (χ0) is 52.9. The molecule has 0 amide bonds. The van der Waals surface area contributed by atoms with Crippen LogP contribution in [0, 0.1) is 0 Å². The molecule has 1 atom stereocenters. The molecule has 6 heteroatoms. The fourth-order valence-electron chi connectivity index (χ4n) is 8.68. The number of allylic oxidation sites excluding steroid dienone is 14. The Bertz CT molecular complexity index is 1400. The van der Waals surface area contributed by atoms with Crippen molar-refractivity contribution in [3.63, 3.8) is 0 Å². The van der Waals surface area contributed by atoms with Crippen LogP contribution in [0.5, 0.6) is 0 Å². The average molecular weight is 1020 g/mol. The van der Waals surface area contributed by atoms with E-state index < -0.39 is 6.10 Å². The van der Waals surface area contributed by atoms with Gasteiger partial charge in [0.2, 0.25) is 0 Å². The van der Waals surface area contributed by atoms with Gasteiger partial charge in [0.15, 0.2) is 6.10 Å². The summed E-state index contributed by atoms with van der Waals surface area (Å²) in [7, 11) is 0. The number of rotatable bonds is 56. The first kappa shape index (κ1) is 69.6. The molecule has 0 radical (unpaired) electrons. The van der Waals surface area contributed by atoms with Crippen molar-refractivity contribution in [2.75, 3.05) is 13.2 Å². The summed E-state index contributed by atoms with van der Waals surface area (Å²) in [5.41, 5.74) is 0. The molecule has 0 heterocycles. The second kappa shape index (κ2) is 61.1. The molecule has 0 N–H and O–H groups in total. The first-order valence-corrected chi connectivity index (χ1v) is 31.1. The van der Waals surface area contributed by atoms with Crippen LogP contribution < -0.4 is 0 Å². The summed E-state index contributed by atoms with van der Waals surface area (Å²) in [6, 6.07) is 0. The fourth-order valence-corrected chi connectivity index (χ4v) is 8.68. The Morgan fingerprint density at radius 3 is 0.849 bits per heavy atom. The normalized spacial score (nSPS) is 12.6. The maximum absolute atomic E-state index is 12.9. The molecule has 420 valence electrons. The summed E-state index contributed by atoms with van der Waals surface area (Å²) in [5, 5.41) is 0. The van der Waals surface area contributed by atoms with Gasteiger partial charge < -0.3 is 14.2 Å². The molecule has 0 unspecified atom stereocenters. The van der Waals surface area contributed by atoms with Crippen molar-refractivity contribution in [1.29, 1.82) is 0 Å². The summed E-state index contributed by atoms with van der Waals surface area (Å²) >= 11 is 0. The number of carbonyl (C=O) groups excluding carboxylic acids is 3. The van der Waals surface area contributed by atoms with E-state index in [-0.39, 0.29) is 37.5 Å². The van der Waals surface area contributed by atoms with E-state index in [1.165, 1.54) is 173 Å². The van der Waals surface area contributed by atoms with E-state index in [2.05, 4.69) is 106 Å². The monoisotopic (exact) mass is 1020 g/mol. The van der Waals surface area contributed by atoms with Crippen LogP contribution in [0.3, 0.4) is 0 Å². The van der Waals surface area contributed by atoms with Crippen molar-refractivity contribution in [3.8, 4) is 0 Å². The van der Waals surface area contributed by atoms with E-state index in [9.17, 15) is 14.4 Å². The summed E-state index contributed by atoms with van der Waals surface area (Å²) < 4.78 is 16.8. The minimum atomic E-state index is -0.816. The van der Waals surface area contributed by atoms with Crippen LogP contribution in [0.25, 0.3) is 0 Å². The molecule has 0 aromatic rings. The van der Waals surface area contributed by atoms with Gasteiger partial charge in [0.1, 0.15) is 13.2 Å². The minimum Gasteiger partial charge on any atom is -0.462 e. The van der Waals surface area contributed by atoms with E-state index in [0.717, 1.165) is 83.5 Å². The Kier molecular flexibility index (Phi) is 58.3. The highest BCUT2D eigenvalue weighted by Crippen LogP contribution is 2.16. The lowest BCUT2D eigenvalue weighted by Crippen LogP contribution is -2.30. The van der Waals surface area contributed by atoms with Gasteiger partial charge in [-0.15, -0.1) is 0 Å². The van der Waals surface area contributed by atoms with Gasteiger partial charge in [-0.25, -0.2) is 0 Å². The Morgan fingerprint density at radius 2 is 0.507 bits per heavy atom. The standard InChI is InChI=1S/C67H116O6/c1-4-7-10-13-16-19-22-25-28-31-33-36-38-41-44-47-50-53-56-59-65(68)71-62-64(73-67(70)61-58-55-52-49-46-43-40-35-30-27-24-21-18-15-12-9-6-3)63-72-66(69)60-57-54-51-48-45-42-39-37-34-32-29-26-23-20-17-14-11-8-5-2/h16,19,25,27-28,30,33,36,40-41,43-44,49,52,64H,4-15,17-18,20-24,26,29,31-32,34-35,37-39,42,45-48,50-51,53-63H2,1-3H3/b19-16-,28-25-,30-27-,36-33-,43-40-,44-41-,52-49-/t64-/m1/s1. The van der Waals surface area contributed by atoms with E-state index >= 15 is 0 Å². The minimum absolute atomic E-state index is 0.105. The van der Waals surface area contributed by atoms with Gasteiger partial charge >= 0.3 is 17.9 Å². The molecule has 73 heavy (non-hydrogen) atoms. The molecular weight excluding hydrogens is 901 g/mol. The number of ether oxygens (including phenoxy) is 3. The third-order valence-electron chi connectivity index (χ3n) is 13.4. The van der Waals surface area contributed by atoms with Gasteiger partial charge in [0.05, 0.1) is 0 Å². The average Bonchev–Trinajstić information content (AvgIpc) is 3.39. The van der Waals surface area contributed by atoms with E-state index in [1.54, 1.807) is 0 Å². The molecule has 6 nitrogen and oxygen atoms in total. The second-order valence-electron chi connectivity index (χ2n) is 20.6. The smallest absolute Gasteiger partial charge is 0.306 e. The van der Waals surface area contributed by atoms with Gasteiger partial charge in [-0.3, -0.25) is 14.4 Å². The van der Waals surface area contributed by atoms with Crippen molar-refractivity contribution in [2.24, 2.45) is 0 Å². The first-order chi connectivity index (χ1) is 36.0. The number of carbonyl (C=O) groups is 3. The highest BCUT2D eigenvalue weighted by molar-refractivity contribution is 5.71. The lowest BCUT2D eigenvalue weighted by molar-refractivity contribution is -0.167. The Hall–Kier alpha value is -3.41. The van der Waals surface area contributed by atoms with Crippen molar-refractivity contribution in [1.82, 2.24) is 0 Å². The van der Waals surface area contributed by atoms with Crippen LogP contribution in [-0.4, -0.2) is 37.2 Å². The predicted molar refractivity (Wildman–Crippen MR) is 316 cm³/mol. The fraction of sp³-hybridized carbons (Fsp3) is 0.746. The Balaban J connectivity index is 4.48. The van der Waals surface area contributed by atoms with Crippen LogP contribution in [-0.2, 0) is 28.6 Å². The SMILES string of the molecule is CCCCC/C=C\C/C=C\C/C=C\C/C=C\CCCCCC(=O)OC[C@H](COC(=O)CCCCCCCCCCCCCCCCCCCCC)OC(=O)CCC/C=C\C/C=C\C/C=C\CCCCCCCC. The predicted octanol–water partition coefficient (Wildman–Crippen LogP) is 21.1. The molecule has 0 saturated heterocycles. The van der Waals surface area contributed by atoms with Gasteiger partial charge in [-0.2, -0.15) is 0 Å². The summed E-state index contributed by atoms with van der Waals surface area (Å²) in [5.74, 6) is -0.978. The van der Waals surface area contributed by atoms with E-state index in [1.807, 2.05) is 0 Å². The topological polar surface area (TPSA) is 78.9 Å². The Morgan fingerprint density at radius 1 is 0.274 bits per heavy atom. The van der Waals surface area contributed by atoms with Crippen molar-refractivity contribution in [3.05, 3.63) is 85.1 Å². The van der Waals surface area contributed by atoms with Gasteiger partial charge in [0.25, 0.3) is 0 Å². The zero-order valence-electron chi connectivity index (χ0n) is 48.1. The summed E-state index contributed by atoms with van der Waals surface area (Å²) in [4.78, 5) is 38.2. The number of esters is 3. The van der Waals surface area contributed by atoms with Crippen molar-refractivity contribution >= 4 is 17.9 Å². The molecule has 0 aliphatic carbocycles. The summed E-state index contributed by atoms with van der Waals surface area (Å²) in [6.07, 6.45) is 80.2. The molecule has 0 aliphatic heterocycles. The van der Waals surface area contributed by atoms with Gasteiger partial charge in [0, 0.05) is 19.3 Å². The van der Waals surface area contributed by atoms with Crippen molar-refractivity contribution in [2.45, 2.75) is 309 Å². The van der Waals surface area contributed by atoms with Crippen LogP contribution in [0.1, 0.15) is 303 Å². The first-order valence-electron chi connectivity index (χ1n) is 31.1. The zero-order valence-corrected chi connectivity index (χ0v) is 48.1. The van der Waals surface area contributed by atoms with Crippen LogP contribution in [0.2, 0.25) is 0 Å². The van der Waals surface area contributed by atoms with Crippen LogP contribution in [0.4, 0.5) is 0 Å². The largest absolute Gasteiger partial charge is 0.462 e. The molecule has 0 aromatic heterocycles. The third-order valence-corrected chi connectivity index (χ3v) is 13.4. The highest BCUT2D eigenvalue weighted by Gasteiger charge is 2.19. The molecule has 0 spiro atoms. The third kappa shape index (κ3) is 59.3. The number of hydrogen-bond acceptors (Lipinski definition) is 6. The number of unbranched alkanes of at least 4 members (excludes halogenated alkanes) is 31.